The van der Waals surface area contributed by atoms with Crippen LogP contribution in [0.3, 0.4) is 0 Å². The van der Waals surface area contributed by atoms with Crippen molar-refractivity contribution < 1.29 is 19.1 Å². The summed E-state index contributed by atoms with van der Waals surface area (Å²) in [5.41, 5.74) is 1.15. The van der Waals surface area contributed by atoms with Gasteiger partial charge in [-0.15, -0.1) is 0 Å². The van der Waals surface area contributed by atoms with Gasteiger partial charge in [-0.25, -0.2) is 0 Å². The Morgan fingerprint density at radius 1 is 1.32 bits per heavy atom. The number of carbonyl (C=O) groups excluding carboxylic acids is 2. The van der Waals surface area contributed by atoms with E-state index in [9.17, 15) is 14.7 Å². The third-order valence-corrected chi connectivity index (χ3v) is 3.06. The Bertz CT molecular complexity index is 729. The molecule has 0 spiro atoms. The normalized spacial score (nSPS) is 10.3. The number of nitrogens with one attached hydrogen (secondary N) is 1. The summed E-state index contributed by atoms with van der Waals surface area (Å²) in [6.07, 6.45) is 0.283. The molecule has 1 aromatic heterocycles. The number of hydrogen-bond donors (Lipinski definition) is 2. The van der Waals surface area contributed by atoms with Gasteiger partial charge < -0.3 is 9.52 Å². The lowest BCUT2D eigenvalue weighted by Crippen LogP contribution is -2.09. The highest BCUT2D eigenvalue weighted by Crippen LogP contribution is 2.24. The van der Waals surface area contributed by atoms with Crippen molar-refractivity contribution in [1.82, 2.24) is 4.98 Å². The molecule has 0 saturated heterocycles. The number of anilines is 1. The molecular weight excluding hydrogens is 284 g/mol. The summed E-state index contributed by atoms with van der Waals surface area (Å²) in [5.74, 6) is -0.542. The monoisotopic (exact) mass is 300 g/mol. The molecule has 0 unspecified atom stereocenters. The average Bonchev–Trinajstić information content (AvgIpc) is 2.86. The van der Waals surface area contributed by atoms with E-state index >= 15 is 0 Å². The zero-order valence-corrected chi connectivity index (χ0v) is 12.3. The van der Waals surface area contributed by atoms with Gasteiger partial charge in [-0.2, -0.15) is 4.98 Å². The van der Waals surface area contributed by atoms with Gasteiger partial charge in [-0.3, -0.25) is 14.9 Å². The molecule has 0 atom stereocenters. The summed E-state index contributed by atoms with van der Waals surface area (Å²) in [5, 5.41) is 11.7. The van der Waals surface area contributed by atoms with Gasteiger partial charge in [0.1, 0.15) is 5.75 Å². The first-order valence-corrected chi connectivity index (χ1v) is 6.72. The molecule has 0 fully saturated rings. The lowest BCUT2D eigenvalue weighted by Gasteiger charge is -2.03. The van der Waals surface area contributed by atoms with E-state index in [1.165, 1.54) is 12.1 Å². The Labute approximate surface area is 127 Å². The number of aromatic nitrogens is 1. The van der Waals surface area contributed by atoms with Crippen LogP contribution in [0, 0.1) is 6.92 Å². The number of aryl methyl sites for hydroxylation is 1. The predicted octanol–water partition coefficient (Wildman–Crippen LogP) is 2.93. The number of aromatic hydroxyl groups is 1. The second-order valence-electron chi connectivity index (χ2n) is 4.69. The zero-order valence-electron chi connectivity index (χ0n) is 12.3. The summed E-state index contributed by atoms with van der Waals surface area (Å²) in [4.78, 5) is 27.7. The standard InChI is InChI=1S/C16H16N2O4/c1-4-13(20)18-16-17-10(3)15(22-16)14(21)9(2)11-5-7-12(19)8-6-11/h5-8,19H,2,4H2,1,3H3,(H,17,18,20). The van der Waals surface area contributed by atoms with Crippen LogP contribution in [0.5, 0.6) is 5.75 Å². The third kappa shape index (κ3) is 3.22. The molecule has 0 aliphatic heterocycles. The number of phenolic OH excluding ortho intramolecular Hbond substituents is 1. The minimum absolute atomic E-state index is 0.00814. The van der Waals surface area contributed by atoms with Gasteiger partial charge in [0.05, 0.1) is 5.69 Å². The number of oxazole rings is 1. The van der Waals surface area contributed by atoms with Crippen molar-refractivity contribution in [2.24, 2.45) is 0 Å². The number of hydrogen-bond acceptors (Lipinski definition) is 5. The Morgan fingerprint density at radius 3 is 2.55 bits per heavy atom. The average molecular weight is 300 g/mol. The van der Waals surface area contributed by atoms with Crippen LogP contribution in [0.25, 0.3) is 5.57 Å². The maximum atomic E-state index is 12.4. The number of rotatable bonds is 5. The van der Waals surface area contributed by atoms with Gasteiger partial charge in [0, 0.05) is 12.0 Å². The summed E-state index contributed by atoms with van der Waals surface area (Å²) in [7, 11) is 0. The maximum absolute atomic E-state index is 12.4. The van der Waals surface area contributed by atoms with Crippen molar-refractivity contribution in [3.05, 3.63) is 47.9 Å². The van der Waals surface area contributed by atoms with Crippen molar-refractivity contribution >= 4 is 23.3 Å². The first-order valence-electron chi connectivity index (χ1n) is 6.72. The van der Waals surface area contributed by atoms with Crippen LogP contribution in [0.4, 0.5) is 6.01 Å². The van der Waals surface area contributed by atoms with E-state index in [1.807, 2.05) is 0 Å². The van der Waals surface area contributed by atoms with Gasteiger partial charge >= 0.3 is 6.01 Å². The first-order chi connectivity index (χ1) is 10.4. The van der Waals surface area contributed by atoms with Crippen molar-refractivity contribution in [2.75, 3.05) is 5.32 Å². The highest BCUT2D eigenvalue weighted by Gasteiger charge is 2.21. The Morgan fingerprint density at radius 2 is 1.95 bits per heavy atom. The van der Waals surface area contributed by atoms with E-state index in [1.54, 1.807) is 26.0 Å². The molecule has 2 N–H and O–H groups in total. The molecule has 1 aromatic carbocycles. The molecule has 1 heterocycles. The Hall–Kier alpha value is -2.89. The first kappa shape index (κ1) is 15.5. The van der Waals surface area contributed by atoms with E-state index in [-0.39, 0.29) is 35.4 Å². The molecular formula is C16H16N2O4. The molecule has 0 aliphatic carbocycles. The summed E-state index contributed by atoms with van der Waals surface area (Å²) >= 11 is 0. The molecule has 114 valence electrons. The van der Waals surface area contributed by atoms with Crippen molar-refractivity contribution in [2.45, 2.75) is 20.3 Å². The number of ketones is 1. The third-order valence-electron chi connectivity index (χ3n) is 3.06. The highest BCUT2D eigenvalue weighted by atomic mass is 16.4. The number of phenols is 1. The maximum Gasteiger partial charge on any atom is 0.302 e. The smallest absolute Gasteiger partial charge is 0.302 e. The van der Waals surface area contributed by atoms with Gasteiger partial charge in [-0.1, -0.05) is 25.6 Å². The van der Waals surface area contributed by atoms with E-state index in [4.69, 9.17) is 4.42 Å². The van der Waals surface area contributed by atoms with Gasteiger partial charge in [0.25, 0.3) is 0 Å². The zero-order chi connectivity index (χ0) is 16.3. The van der Waals surface area contributed by atoms with Crippen molar-refractivity contribution in [1.29, 1.82) is 0 Å². The minimum atomic E-state index is -0.423. The van der Waals surface area contributed by atoms with Crippen molar-refractivity contribution in [3.63, 3.8) is 0 Å². The van der Waals surface area contributed by atoms with Crippen LogP contribution in [0.15, 0.2) is 35.3 Å². The molecule has 0 aliphatic rings. The van der Waals surface area contributed by atoms with E-state index in [0.717, 1.165) is 0 Å². The summed E-state index contributed by atoms with van der Waals surface area (Å²) in [6, 6.07) is 6.09. The topological polar surface area (TPSA) is 92.4 Å². The number of Topliss-reactive ketones (excluding diaryl/α,β-unsaturated/α-hetero) is 1. The molecule has 0 saturated carbocycles. The van der Waals surface area contributed by atoms with Crippen LogP contribution in [0.2, 0.25) is 0 Å². The summed E-state index contributed by atoms with van der Waals surface area (Å²) < 4.78 is 5.31. The Balaban J connectivity index is 2.23. The summed E-state index contributed by atoms with van der Waals surface area (Å²) in [6.45, 7) is 7.06. The quantitative estimate of drug-likeness (QED) is 0.654. The van der Waals surface area contributed by atoms with E-state index < -0.39 is 5.78 Å². The SMILES string of the molecule is C=C(C(=O)c1oc(NC(=O)CC)nc1C)c1ccc(O)cc1. The number of carbonyl (C=O) groups is 2. The van der Waals surface area contributed by atoms with Crippen LogP contribution in [-0.4, -0.2) is 21.8 Å². The molecule has 2 rings (SSSR count). The van der Waals surface area contributed by atoms with E-state index in [0.29, 0.717) is 11.3 Å². The lowest BCUT2D eigenvalue weighted by molar-refractivity contribution is -0.116. The predicted molar refractivity (Wildman–Crippen MR) is 81.6 cm³/mol. The lowest BCUT2D eigenvalue weighted by atomic mass is 10.0. The van der Waals surface area contributed by atoms with Gasteiger partial charge in [0.15, 0.2) is 5.76 Å². The number of nitrogens with zero attached hydrogens (tertiary/aromatic N) is 1. The molecule has 0 radical (unpaired) electrons. The minimum Gasteiger partial charge on any atom is -0.508 e. The second-order valence-corrected chi connectivity index (χ2v) is 4.69. The molecule has 1 amide bonds. The highest BCUT2D eigenvalue weighted by molar-refractivity contribution is 6.27. The van der Waals surface area contributed by atoms with Crippen LogP contribution < -0.4 is 5.32 Å². The van der Waals surface area contributed by atoms with Gasteiger partial charge in [0.2, 0.25) is 11.7 Å². The number of amides is 1. The molecule has 0 bridgehead atoms. The van der Waals surface area contributed by atoms with E-state index in [2.05, 4.69) is 16.9 Å². The molecule has 22 heavy (non-hydrogen) atoms. The fraction of sp³-hybridized carbons (Fsp3) is 0.188. The number of benzene rings is 1. The largest absolute Gasteiger partial charge is 0.508 e. The second kappa shape index (κ2) is 6.26. The van der Waals surface area contributed by atoms with Crippen LogP contribution >= 0.6 is 0 Å². The molecule has 2 aromatic rings. The Kier molecular flexibility index (Phi) is 4.41. The molecule has 6 heteroatoms. The number of allylic oxidation sites excluding steroid dienone is 1. The fourth-order valence-electron chi connectivity index (χ4n) is 1.80. The fourth-order valence-corrected chi connectivity index (χ4v) is 1.80. The van der Waals surface area contributed by atoms with Crippen LogP contribution in [-0.2, 0) is 4.79 Å². The van der Waals surface area contributed by atoms with Crippen LogP contribution in [0.1, 0.15) is 35.2 Å². The van der Waals surface area contributed by atoms with Gasteiger partial charge in [-0.05, 0) is 24.6 Å². The van der Waals surface area contributed by atoms with Crippen molar-refractivity contribution in [3.8, 4) is 5.75 Å². The molecule has 6 nitrogen and oxygen atoms in total.